The SMILES string of the molecule is CCS(=O)(=O)C1CNNC1c1cccc([N+](=O)[O-])c1. The molecule has 1 aliphatic heterocycles. The second-order valence-corrected chi connectivity index (χ2v) is 6.85. The van der Waals surface area contributed by atoms with Gasteiger partial charge < -0.3 is 0 Å². The lowest BCUT2D eigenvalue weighted by Crippen LogP contribution is -2.31. The van der Waals surface area contributed by atoms with E-state index in [1.807, 2.05) is 0 Å². The molecule has 8 heteroatoms. The Morgan fingerprint density at radius 3 is 2.84 bits per heavy atom. The third kappa shape index (κ3) is 2.75. The van der Waals surface area contributed by atoms with Gasteiger partial charge in [-0.05, 0) is 5.56 Å². The molecule has 2 unspecified atom stereocenters. The van der Waals surface area contributed by atoms with E-state index in [2.05, 4.69) is 10.9 Å². The number of nitro groups is 1. The summed E-state index contributed by atoms with van der Waals surface area (Å²) in [5.74, 6) is 0.0481. The van der Waals surface area contributed by atoms with Crippen LogP contribution >= 0.6 is 0 Å². The molecule has 1 heterocycles. The van der Waals surface area contributed by atoms with Gasteiger partial charge in [0.2, 0.25) is 0 Å². The van der Waals surface area contributed by atoms with Crippen LogP contribution in [0.4, 0.5) is 5.69 Å². The smallest absolute Gasteiger partial charge is 0.258 e. The quantitative estimate of drug-likeness (QED) is 0.618. The first-order chi connectivity index (χ1) is 8.95. The Bertz CT molecular complexity index is 587. The first-order valence-corrected chi connectivity index (χ1v) is 7.61. The van der Waals surface area contributed by atoms with Gasteiger partial charge >= 0.3 is 0 Å². The molecule has 0 aliphatic carbocycles. The monoisotopic (exact) mass is 285 g/mol. The van der Waals surface area contributed by atoms with E-state index in [1.165, 1.54) is 12.1 Å². The number of non-ortho nitro benzene ring substituents is 1. The van der Waals surface area contributed by atoms with E-state index >= 15 is 0 Å². The van der Waals surface area contributed by atoms with Crippen molar-refractivity contribution >= 4 is 15.5 Å². The molecule has 104 valence electrons. The molecule has 0 radical (unpaired) electrons. The largest absolute Gasteiger partial charge is 0.269 e. The molecule has 0 aromatic heterocycles. The molecule has 19 heavy (non-hydrogen) atoms. The number of hydrazine groups is 1. The number of nitro benzene ring substituents is 1. The van der Waals surface area contributed by atoms with E-state index in [9.17, 15) is 18.5 Å². The van der Waals surface area contributed by atoms with Crippen LogP contribution in [-0.4, -0.2) is 30.9 Å². The molecule has 0 spiro atoms. The van der Waals surface area contributed by atoms with Crippen molar-refractivity contribution in [2.45, 2.75) is 18.2 Å². The minimum Gasteiger partial charge on any atom is -0.258 e. The number of rotatable bonds is 4. The molecule has 2 rings (SSSR count). The molecule has 0 bridgehead atoms. The Morgan fingerprint density at radius 2 is 2.21 bits per heavy atom. The van der Waals surface area contributed by atoms with Gasteiger partial charge in [0, 0.05) is 24.4 Å². The van der Waals surface area contributed by atoms with E-state index in [4.69, 9.17) is 0 Å². The maximum Gasteiger partial charge on any atom is 0.269 e. The summed E-state index contributed by atoms with van der Waals surface area (Å²) in [5.41, 5.74) is 6.24. The van der Waals surface area contributed by atoms with Crippen LogP contribution in [0.25, 0.3) is 0 Å². The first kappa shape index (κ1) is 13.9. The summed E-state index contributed by atoms with van der Waals surface area (Å²) in [7, 11) is -3.22. The van der Waals surface area contributed by atoms with Crippen LogP contribution in [0.3, 0.4) is 0 Å². The van der Waals surface area contributed by atoms with Crippen molar-refractivity contribution in [1.82, 2.24) is 10.9 Å². The van der Waals surface area contributed by atoms with E-state index in [0.29, 0.717) is 12.1 Å². The molecule has 1 fully saturated rings. The summed E-state index contributed by atoms with van der Waals surface area (Å²) < 4.78 is 24.0. The van der Waals surface area contributed by atoms with E-state index in [0.717, 1.165) is 0 Å². The third-order valence-corrected chi connectivity index (χ3v) is 5.40. The molecule has 1 aromatic rings. The lowest BCUT2D eigenvalue weighted by molar-refractivity contribution is -0.384. The Hall–Kier alpha value is -1.51. The molecule has 2 N–H and O–H groups in total. The van der Waals surface area contributed by atoms with Crippen molar-refractivity contribution in [3.8, 4) is 0 Å². The van der Waals surface area contributed by atoms with Crippen LogP contribution in [0.1, 0.15) is 18.5 Å². The number of hydrogen-bond donors (Lipinski definition) is 2. The molecular formula is C11H15N3O4S. The van der Waals surface area contributed by atoms with Gasteiger partial charge in [0.05, 0.1) is 16.2 Å². The highest BCUT2D eigenvalue weighted by Crippen LogP contribution is 2.27. The molecule has 0 amide bonds. The molecule has 2 atom stereocenters. The predicted octanol–water partition coefficient (Wildman–Crippen LogP) is 0.547. The number of nitrogens with zero attached hydrogens (tertiary/aromatic N) is 1. The normalized spacial score (nSPS) is 23.4. The van der Waals surface area contributed by atoms with Gasteiger partial charge in [-0.15, -0.1) is 0 Å². The zero-order valence-electron chi connectivity index (χ0n) is 10.4. The minimum absolute atomic E-state index is 0.0427. The zero-order chi connectivity index (χ0) is 14.0. The second kappa shape index (κ2) is 5.24. The van der Waals surface area contributed by atoms with Crippen molar-refractivity contribution < 1.29 is 13.3 Å². The van der Waals surface area contributed by atoms with Crippen molar-refractivity contribution in [1.29, 1.82) is 0 Å². The van der Waals surface area contributed by atoms with Gasteiger partial charge in [0.1, 0.15) is 0 Å². The highest BCUT2D eigenvalue weighted by atomic mass is 32.2. The molecule has 0 saturated carbocycles. The lowest BCUT2D eigenvalue weighted by Gasteiger charge is -2.18. The summed E-state index contributed by atoms with van der Waals surface area (Å²) in [6.45, 7) is 1.89. The first-order valence-electron chi connectivity index (χ1n) is 5.90. The van der Waals surface area contributed by atoms with E-state index in [-0.39, 0.29) is 11.4 Å². The Balaban J connectivity index is 2.35. The third-order valence-electron chi connectivity index (χ3n) is 3.24. The van der Waals surface area contributed by atoms with Gasteiger partial charge in [0.15, 0.2) is 9.84 Å². The van der Waals surface area contributed by atoms with Crippen LogP contribution < -0.4 is 10.9 Å². The number of benzene rings is 1. The van der Waals surface area contributed by atoms with Crippen LogP contribution in [0, 0.1) is 10.1 Å². The van der Waals surface area contributed by atoms with Gasteiger partial charge in [-0.25, -0.2) is 13.8 Å². The minimum atomic E-state index is -3.22. The van der Waals surface area contributed by atoms with Gasteiger partial charge in [-0.3, -0.25) is 15.5 Å². The Labute approximate surface area is 111 Å². The van der Waals surface area contributed by atoms with Gasteiger partial charge in [-0.2, -0.15) is 0 Å². The highest BCUT2D eigenvalue weighted by Gasteiger charge is 2.37. The molecule has 7 nitrogen and oxygen atoms in total. The molecule has 1 aromatic carbocycles. The summed E-state index contributed by atoms with van der Waals surface area (Å²) in [6.07, 6.45) is 0. The topological polar surface area (TPSA) is 101 Å². The lowest BCUT2D eigenvalue weighted by atomic mass is 10.0. The standard InChI is InChI=1S/C11H15N3O4S/c1-2-19(17,18)10-7-12-13-11(10)8-4-3-5-9(6-8)14(15)16/h3-6,10-13H,2,7H2,1H3. The molecule has 1 aliphatic rings. The van der Waals surface area contributed by atoms with Crippen molar-refractivity contribution in [3.63, 3.8) is 0 Å². The molecular weight excluding hydrogens is 270 g/mol. The van der Waals surface area contributed by atoms with Crippen LogP contribution in [0.2, 0.25) is 0 Å². The number of hydrogen-bond acceptors (Lipinski definition) is 6. The van der Waals surface area contributed by atoms with Crippen molar-refractivity contribution in [2.75, 3.05) is 12.3 Å². The average Bonchev–Trinajstić information content (AvgIpc) is 2.89. The van der Waals surface area contributed by atoms with E-state index < -0.39 is 26.1 Å². The number of sulfone groups is 1. The van der Waals surface area contributed by atoms with Crippen LogP contribution in [0.15, 0.2) is 24.3 Å². The van der Waals surface area contributed by atoms with Gasteiger partial charge in [0.25, 0.3) is 5.69 Å². The average molecular weight is 285 g/mol. The highest BCUT2D eigenvalue weighted by molar-refractivity contribution is 7.92. The predicted molar refractivity (Wildman–Crippen MR) is 70.2 cm³/mol. The summed E-state index contributed by atoms with van der Waals surface area (Å²) in [4.78, 5) is 10.3. The summed E-state index contributed by atoms with van der Waals surface area (Å²) in [6, 6.07) is 5.57. The van der Waals surface area contributed by atoms with Gasteiger partial charge in [-0.1, -0.05) is 19.1 Å². The van der Waals surface area contributed by atoms with Crippen molar-refractivity contribution in [3.05, 3.63) is 39.9 Å². The summed E-state index contributed by atoms with van der Waals surface area (Å²) in [5, 5.41) is 10.1. The van der Waals surface area contributed by atoms with Crippen molar-refractivity contribution in [2.24, 2.45) is 0 Å². The molecule has 1 saturated heterocycles. The maximum atomic E-state index is 12.0. The fraction of sp³-hybridized carbons (Fsp3) is 0.455. The zero-order valence-corrected chi connectivity index (χ0v) is 11.2. The van der Waals surface area contributed by atoms with Crippen LogP contribution in [0.5, 0.6) is 0 Å². The Morgan fingerprint density at radius 1 is 1.47 bits per heavy atom. The fourth-order valence-corrected chi connectivity index (χ4v) is 3.56. The second-order valence-electron chi connectivity index (χ2n) is 4.34. The van der Waals surface area contributed by atoms with E-state index in [1.54, 1.807) is 19.1 Å². The van der Waals surface area contributed by atoms with Crippen LogP contribution in [-0.2, 0) is 9.84 Å². The fourth-order valence-electron chi connectivity index (χ4n) is 2.16. The maximum absolute atomic E-state index is 12.0. The number of nitrogens with one attached hydrogen (secondary N) is 2. The summed E-state index contributed by atoms with van der Waals surface area (Å²) >= 11 is 0. The Kier molecular flexibility index (Phi) is 3.83.